The Kier molecular flexibility index (Phi) is 4.83. The maximum atomic E-state index is 12.3. The van der Waals surface area contributed by atoms with E-state index in [1.165, 1.54) is 0 Å². The summed E-state index contributed by atoms with van der Waals surface area (Å²) in [5.41, 5.74) is 1.28. The molecular weight excluding hydrogens is 316 g/mol. The summed E-state index contributed by atoms with van der Waals surface area (Å²) in [5, 5.41) is 2.97. The van der Waals surface area contributed by atoms with Crippen molar-refractivity contribution < 1.29 is 4.79 Å². The van der Waals surface area contributed by atoms with E-state index in [-0.39, 0.29) is 11.4 Å². The third-order valence-electron chi connectivity index (χ3n) is 3.95. The summed E-state index contributed by atoms with van der Waals surface area (Å²) in [6, 6.07) is 3.72. The molecule has 0 aromatic carbocycles. The third kappa shape index (κ3) is 4.43. The molecule has 1 saturated heterocycles. The van der Waals surface area contributed by atoms with Crippen molar-refractivity contribution in [1.29, 1.82) is 0 Å². The highest BCUT2D eigenvalue weighted by Crippen LogP contribution is 2.19. The van der Waals surface area contributed by atoms with Gasteiger partial charge in [0.05, 0.1) is 17.4 Å². The fourth-order valence-electron chi connectivity index (χ4n) is 2.76. The zero-order chi connectivity index (χ0) is 17.9. The van der Waals surface area contributed by atoms with Crippen LogP contribution in [0.3, 0.4) is 0 Å². The molecule has 0 radical (unpaired) electrons. The second-order valence-corrected chi connectivity index (χ2v) is 7.16. The van der Waals surface area contributed by atoms with Gasteiger partial charge < -0.3 is 15.1 Å². The molecule has 0 atom stereocenters. The van der Waals surface area contributed by atoms with Crippen molar-refractivity contribution in [3.05, 3.63) is 42.5 Å². The normalized spacial score (nSPS) is 15.2. The van der Waals surface area contributed by atoms with Crippen molar-refractivity contribution in [1.82, 2.24) is 20.3 Å². The van der Waals surface area contributed by atoms with Crippen LogP contribution in [0, 0.1) is 0 Å². The minimum Gasteiger partial charge on any atom is -0.367 e. The first-order valence-corrected chi connectivity index (χ1v) is 8.47. The van der Waals surface area contributed by atoms with E-state index in [2.05, 4.69) is 30.1 Å². The van der Waals surface area contributed by atoms with Gasteiger partial charge in [0.25, 0.3) is 5.91 Å². The molecule has 2 aromatic heterocycles. The Balaban J connectivity index is 1.66. The number of pyridine rings is 1. The van der Waals surface area contributed by atoms with Crippen LogP contribution in [0.5, 0.6) is 0 Å². The molecule has 1 fully saturated rings. The average molecular weight is 340 g/mol. The van der Waals surface area contributed by atoms with E-state index in [1.54, 1.807) is 18.6 Å². The summed E-state index contributed by atoms with van der Waals surface area (Å²) < 4.78 is 0. The number of aromatic nitrogens is 3. The zero-order valence-electron chi connectivity index (χ0n) is 14.9. The van der Waals surface area contributed by atoms with E-state index in [1.807, 2.05) is 39.1 Å². The van der Waals surface area contributed by atoms with Gasteiger partial charge in [-0.05, 0) is 32.9 Å². The topological polar surface area (TPSA) is 74.2 Å². The SMILES string of the molecule is CC(C)(C)NC(=O)c1cncc(N2CCN(c3ncccn3)CC2)c1. The fourth-order valence-corrected chi connectivity index (χ4v) is 2.76. The molecule has 1 N–H and O–H groups in total. The number of anilines is 2. The standard InChI is InChI=1S/C18H24N6O/c1-18(2,3)22-16(25)14-11-15(13-19-12-14)23-7-9-24(10-8-23)17-20-5-4-6-21-17/h4-6,11-13H,7-10H2,1-3H3,(H,22,25). The Morgan fingerprint density at radius 1 is 1.04 bits per heavy atom. The van der Waals surface area contributed by atoms with E-state index in [0.717, 1.165) is 37.8 Å². The predicted molar refractivity (Wildman–Crippen MR) is 97.9 cm³/mol. The van der Waals surface area contributed by atoms with Crippen molar-refractivity contribution in [2.24, 2.45) is 0 Å². The first-order chi connectivity index (χ1) is 11.9. The quantitative estimate of drug-likeness (QED) is 0.917. The largest absolute Gasteiger partial charge is 0.367 e. The van der Waals surface area contributed by atoms with Crippen molar-refractivity contribution in [3.63, 3.8) is 0 Å². The number of hydrogen-bond acceptors (Lipinski definition) is 6. The molecule has 0 aliphatic carbocycles. The molecular formula is C18H24N6O. The number of amides is 1. The lowest BCUT2D eigenvalue weighted by molar-refractivity contribution is 0.0919. The molecule has 0 bridgehead atoms. The first-order valence-electron chi connectivity index (χ1n) is 8.47. The van der Waals surface area contributed by atoms with E-state index in [0.29, 0.717) is 5.56 Å². The Bertz CT molecular complexity index is 720. The number of carbonyl (C=O) groups is 1. The molecule has 0 unspecified atom stereocenters. The van der Waals surface area contributed by atoms with E-state index in [9.17, 15) is 4.79 Å². The molecule has 0 saturated carbocycles. The molecule has 7 heteroatoms. The fraction of sp³-hybridized carbons (Fsp3) is 0.444. The Morgan fingerprint density at radius 3 is 2.32 bits per heavy atom. The lowest BCUT2D eigenvalue weighted by Crippen LogP contribution is -2.47. The van der Waals surface area contributed by atoms with Gasteiger partial charge >= 0.3 is 0 Å². The van der Waals surface area contributed by atoms with Gasteiger partial charge in [0.15, 0.2) is 0 Å². The number of nitrogens with zero attached hydrogens (tertiary/aromatic N) is 5. The van der Waals surface area contributed by atoms with Crippen LogP contribution in [-0.4, -0.2) is 52.6 Å². The smallest absolute Gasteiger partial charge is 0.253 e. The molecule has 1 amide bonds. The molecule has 1 aliphatic rings. The number of nitrogens with one attached hydrogen (secondary N) is 1. The summed E-state index contributed by atoms with van der Waals surface area (Å²) >= 11 is 0. The highest BCUT2D eigenvalue weighted by molar-refractivity contribution is 5.95. The van der Waals surface area contributed by atoms with Crippen LogP contribution in [0.2, 0.25) is 0 Å². The Labute approximate surface area is 148 Å². The van der Waals surface area contributed by atoms with Crippen LogP contribution in [0.15, 0.2) is 36.9 Å². The lowest BCUT2D eigenvalue weighted by atomic mass is 10.1. The molecule has 0 spiro atoms. The van der Waals surface area contributed by atoms with Crippen molar-refractivity contribution in [3.8, 4) is 0 Å². The van der Waals surface area contributed by atoms with Crippen LogP contribution < -0.4 is 15.1 Å². The van der Waals surface area contributed by atoms with E-state index in [4.69, 9.17) is 0 Å². The minimum atomic E-state index is -0.269. The van der Waals surface area contributed by atoms with Crippen LogP contribution in [0.1, 0.15) is 31.1 Å². The summed E-state index contributed by atoms with van der Waals surface area (Å²) in [6.07, 6.45) is 6.94. The summed E-state index contributed by atoms with van der Waals surface area (Å²) in [6.45, 7) is 9.24. The Hall–Kier alpha value is -2.70. The second kappa shape index (κ2) is 7.04. The monoisotopic (exact) mass is 340 g/mol. The van der Waals surface area contributed by atoms with E-state index >= 15 is 0 Å². The molecule has 3 heterocycles. The van der Waals surface area contributed by atoms with Gasteiger partial charge in [0, 0.05) is 50.3 Å². The van der Waals surface area contributed by atoms with Crippen molar-refractivity contribution >= 4 is 17.5 Å². The number of hydrogen-bond donors (Lipinski definition) is 1. The highest BCUT2D eigenvalue weighted by atomic mass is 16.1. The van der Waals surface area contributed by atoms with Gasteiger partial charge in [-0.2, -0.15) is 0 Å². The van der Waals surface area contributed by atoms with Gasteiger partial charge in [-0.3, -0.25) is 9.78 Å². The first kappa shape index (κ1) is 17.1. The molecule has 2 aromatic rings. The Morgan fingerprint density at radius 2 is 1.68 bits per heavy atom. The molecule has 1 aliphatic heterocycles. The average Bonchev–Trinajstić information content (AvgIpc) is 2.61. The van der Waals surface area contributed by atoms with Gasteiger partial charge in [-0.15, -0.1) is 0 Å². The molecule has 3 rings (SSSR count). The van der Waals surface area contributed by atoms with E-state index < -0.39 is 0 Å². The summed E-state index contributed by atoms with van der Waals surface area (Å²) in [5.74, 6) is 0.664. The predicted octanol–water partition coefficient (Wildman–Crippen LogP) is 1.73. The van der Waals surface area contributed by atoms with Crippen LogP contribution in [0.25, 0.3) is 0 Å². The summed E-state index contributed by atoms with van der Waals surface area (Å²) in [4.78, 5) is 29.6. The highest BCUT2D eigenvalue weighted by Gasteiger charge is 2.21. The second-order valence-electron chi connectivity index (χ2n) is 7.16. The minimum absolute atomic E-state index is 0.0989. The maximum Gasteiger partial charge on any atom is 0.253 e. The van der Waals surface area contributed by atoms with Gasteiger partial charge in [-0.25, -0.2) is 9.97 Å². The number of rotatable bonds is 3. The zero-order valence-corrected chi connectivity index (χ0v) is 14.9. The van der Waals surface area contributed by atoms with Gasteiger partial charge in [0.1, 0.15) is 0 Å². The number of carbonyl (C=O) groups excluding carboxylic acids is 1. The maximum absolute atomic E-state index is 12.3. The van der Waals surface area contributed by atoms with Crippen molar-refractivity contribution in [2.75, 3.05) is 36.0 Å². The summed E-state index contributed by atoms with van der Waals surface area (Å²) in [7, 11) is 0. The van der Waals surface area contributed by atoms with Crippen LogP contribution >= 0.6 is 0 Å². The molecule has 132 valence electrons. The lowest BCUT2D eigenvalue weighted by Gasteiger charge is -2.36. The van der Waals surface area contributed by atoms with Gasteiger partial charge in [0.2, 0.25) is 5.95 Å². The number of piperazine rings is 1. The van der Waals surface area contributed by atoms with Crippen molar-refractivity contribution in [2.45, 2.75) is 26.3 Å². The molecule has 7 nitrogen and oxygen atoms in total. The molecule has 25 heavy (non-hydrogen) atoms. The van der Waals surface area contributed by atoms with Gasteiger partial charge in [-0.1, -0.05) is 0 Å². The third-order valence-corrected chi connectivity index (χ3v) is 3.95. The van der Waals surface area contributed by atoms with Crippen LogP contribution in [-0.2, 0) is 0 Å². The van der Waals surface area contributed by atoms with Crippen LogP contribution in [0.4, 0.5) is 11.6 Å².